The van der Waals surface area contributed by atoms with Crippen molar-refractivity contribution in [1.82, 2.24) is 0 Å². The van der Waals surface area contributed by atoms with E-state index in [-0.39, 0.29) is 0 Å². The maximum Gasteiger partial charge on any atom is 0.287 e. The minimum Gasteiger partial charge on any atom is -0.465 e. The highest BCUT2D eigenvalue weighted by Gasteiger charge is 2.03. The highest BCUT2D eigenvalue weighted by molar-refractivity contribution is 7.94. The summed E-state index contributed by atoms with van der Waals surface area (Å²) >= 11 is 1.31. The van der Waals surface area contributed by atoms with Crippen LogP contribution in [0.15, 0.2) is 12.0 Å². The number of rotatable bonds is 2. The van der Waals surface area contributed by atoms with E-state index in [4.69, 9.17) is 8.92 Å². The second-order valence-electron chi connectivity index (χ2n) is 1.76. The van der Waals surface area contributed by atoms with Crippen LogP contribution in [0, 0.1) is 0 Å². The van der Waals surface area contributed by atoms with Crippen molar-refractivity contribution in [3.05, 3.63) is 12.0 Å². The molecule has 0 saturated heterocycles. The van der Waals surface area contributed by atoms with Crippen LogP contribution in [-0.4, -0.2) is 12.9 Å². The largest absolute Gasteiger partial charge is 0.465 e. The average molecular weight is 146 g/mol. The lowest BCUT2D eigenvalue weighted by molar-refractivity contribution is 0.104. The molecule has 0 bridgehead atoms. The van der Waals surface area contributed by atoms with Gasteiger partial charge in [0.15, 0.2) is 0 Å². The molecule has 0 aromatic carbocycles. The Hall–Kier alpha value is -0.310. The van der Waals surface area contributed by atoms with Crippen molar-refractivity contribution >= 4 is 12.0 Å². The van der Waals surface area contributed by atoms with E-state index in [9.17, 15) is 0 Å². The van der Waals surface area contributed by atoms with Gasteiger partial charge in [-0.3, -0.25) is 0 Å². The van der Waals surface area contributed by atoms with Gasteiger partial charge in [0, 0.05) is 6.26 Å². The second-order valence-corrected chi connectivity index (χ2v) is 2.26. The first-order chi connectivity index (χ1) is 4.43. The quantitative estimate of drug-likeness (QED) is 0.554. The molecule has 52 valence electrons. The summed E-state index contributed by atoms with van der Waals surface area (Å²) in [5, 5.41) is 0. The van der Waals surface area contributed by atoms with Crippen LogP contribution in [0.4, 0.5) is 0 Å². The maximum atomic E-state index is 5.14. The molecule has 0 unspecified atom stereocenters. The standard InChI is InChI=1S/C6H10O2S/c1-9-8-6-4-2-3-5-7-6/h4H,2-3,5H2,1H3. The van der Waals surface area contributed by atoms with Crippen molar-refractivity contribution in [1.29, 1.82) is 0 Å². The van der Waals surface area contributed by atoms with Crippen molar-refractivity contribution in [2.75, 3.05) is 12.9 Å². The third-order valence-electron chi connectivity index (χ3n) is 1.07. The highest BCUT2D eigenvalue weighted by Crippen LogP contribution is 2.14. The molecule has 0 saturated carbocycles. The first kappa shape index (κ1) is 6.81. The molecule has 0 fully saturated rings. The molecule has 2 nitrogen and oxygen atoms in total. The van der Waals surface area contributed by atoms with Gasteiger partial charge in [-0.25, -0.2) is 0 Å². The van der Waals surface area contributed by atoms with Crippen molar-refractivity contribution < 1.29 is 8.92 Å². The van der Waals surface area contributed by atoms with E-state index in [2.05, 4.69) is 0 Å². The van der Waals surface area contributed by atoms with Crippen LogP contribution in [0.5, 0.6) is 0 Å². The molecule has 0 aromatic heterocycles. The summed E-state index contributed by atoms with van der Waals surface area (Å²) in [6, 6.07) is 0. The fourth-order valence-corrected chi connectivity index (χ4v) is 0.956. The molecule has 0 aliphatic carbocycles. The van der Waals surface area contributed by atoms with E-state index in [0.717, 1.165) is 19.4 Å². The van der Waals surface area contributed by atoms with Gasteiger partial charge in [0.05, 0.1) is 18.6 Å². The molecule has 1 heterocycles. The zero-order chi connectivity index (χ0) is 6.53. The highest BCUT2D eigenvalue weighted by atomic mass is 32.2. The van der Waals surface area contributed by atoms with Crippen LogP contribution in [0.1, 0.15) is 12.8 Å². The van der Waals surface area contributed by atoms with E-state index in [1.54, 1.807) is 0 Å². The second kappa shape index (κ2) is 3.67. The molecule has 0 spiro atoms. The summed E-state index contributed by atoms with van der Waals surface area (Å²) < 4.78 is 10.2. The van der Waals surface area contributed by atoms with Gasteiger partial charge in [-0.2, -0.15) is 0 Å². The molecule has 0 radical (unpaired) electrons. The molecule has 1 aliphatic rings. The topological polar surface area (TPSA) is 18.5 Å². The Kier molecular flexibility index (Phi) is 2.77. The Morgan fingerprint density at radius 1 is 1.78 bits per heavy atom. The van der Waals surface area contributed by atoms with Crippen molar-refractivity contribution in [2.45, 2.75) is 12.8 Å². The van der Waals surface area contributed by atoms with E-state index in [1.807, 2.05) is 12.3 Å². The minimum absolute atomic E-state index is 0.675. The number of hydrogen-bond donors (Lipinski definition) is 0. The summed E-state index contributed by atoms with van der Waals surface area (Å²) in [6.07, 6.45) is 6.04. The Morgan fingerprint density at radius 2 is 2.67 bits per heavy atom. The fourth-order valence-electron chi connectivity index (χ4n) is 0.675. The Labute approximate surface area is 59.4 Å². The van der Waals surface area contributed by atoms with Crippen LogP contribution in [0.2, 0.25) is 0 Å². The first-order valence-electron chi connectivity index (χ1n) is 2.97. The summed E-state index contributed by atoms with van der Waals surface area (Å²) in [4.78, 5) is 0. The van der Waals surface area contributed by atoms with E-state index < -0.39 is 0 Å². The zero-order valence-corrected chi connectivity index (χ0v) is 6.24. The number of ether oxygens (including phenoxy) is 1. The van der Waals surface area contributed by atoms with Gasteiger partial charge in [-0.05, 0) is 18.9 Å². The average Bonchev–Trinajstić information content (AvgIpc) is 1.91. The Morgan fingerprint density at radius 3 is 3.22 bits per heavy atom. The number of hydrogen-bond acceptors (Lipinski definition) is 3. The third-order valence-corrected chi connectivity index (χ3v) is 1.40. The zero-order valence-electron chi connectivity index (χ0n) is 5.42. The monoisotopic (exact) mass is 146 g/mol. The molecule has 1 rings (SSSR count). The van der Waals surface area contributed by atoms with Gasteiger partial charge in [0.25, 0.3) is 5.95 Å². The van der Waals surface area contributed by atoms with Crippen molar-refractivity contribution in [3.63, 3.8) is 0 Å². The van der Waals surface area contributed by atoms with Gasteiger partial charge >= 0.3 is 0 Å². The summed E-state index contributed by atoms with van der Waals surface area (Å²) in [7, 11) is 0. The molecule has 3 heteroatoms. The predicted molar refractivity (Wildman–Crippen MR) is 37.9 cm³/mol. The SMILES string of the molecule is CSOC1=CCCCO1. The van der Waals surface area contributed by atoms with Gasteiger partial charge in [0.1, 0.15) is 0 Å². The van der Waals surface area contributed by atoms with Gasteiger partial charge in [-0.1, -0.05) is 0 Å². The predicted octanol–water partition coefficient (Wildman–Crippen LogP) is 1.93. The first-order valence-corrected chi connectivity index (χ1v) is 4.12. The lowest BCUT2D eigenvalue weighted by Crippen LogP contribution is -2.00. The lowest BCUT2D eigenvalue weighted by atomic mass is 10.3. The molecular formula is C6H10O2S. The van der Waals surface area contributed by atoms with Crippen LogP contribution in [0.25, 0.3) is 0 Å². The van der Waals surface area contributed by atoms with E-state index in [1.165, 1.54) is 12.0 Å². The van der Waals surface area contributed by atoms with Crippen molar-refractivity contribution in [3.8, 4) is 0 Å². The van der Waals surface area contributed by atoms with Crippen LogP contribution < -0.4 is 0 Å². The fraction of sp³-hybridized carbons (Fsp3) is 0.667. The minimum atomic E-state index is 0.675. The number of allylic oxidation sites excluding steroid dienone is 1. The molecule has 0 N–H and O–H groups in total. The molecule has 9 heavy (non-hydrogen) atoms. The van der Waals surface area contributed by atoms with Gasteiger partial charge in [-0.15, -0.1) is 0 Å². The van der Waals surface area contributed by atoms with Crippen molar-refractivity contribution in [2.24, 2.45) is 0 Å². The normalized spacial score (nSPS) is 18.1. The molecule has 0 aromatic rings. The van der Waals surface area contributed by atoms with E-state index >= 15 is 0 Å². The van der Waals surface area contributed by atoms with E-state index in [0.29, 0.717) is 5.95 Å². The molecule has 0 atom stereocenters. The maximum absolute atomic E-state index is 5.14. The van der Waals surface area contributed by atoms with Crippen LogP contribution in [0.3, 0.4) is 0 Å². The molecular weight excluding hydrogens is 136 g/mol. The van der Waals surface area contributed by atoms with Crippen LogP contribution >= 0.6 is 12.0 Å². The Bertz CT molecular complexity index is 112. The van der Waals surface area contributed by atoms with Gasteiger partial charge < -0.3 is 8.92 Å². The van der Waals surface area contributed by atoms with Gasteiger partial charge in [0.2, 0.25) is 0 Å². The summed E-state index contributed by atoms with van der Waals surface area (Å²) in [6.45, 7) is 0.798. The molecule has 0 amide bonds. The summed E-state index contributed by atoms with van der Waals surface area (Å²) in [5.74, 6) is 0.675. The third kappa shape index (κ3) is 2.18. The van der Waals surface area contributed by atoms with Crippen LogP contribution in [-0.2, 0) is 8.92 Å². The summed E-state index contributed by atoms with van der Waals surface area (Å²) in [5.41, 5.74) is 0. The smallest absolute Gasteiger partial charge is 0.287 e. The molecule has 1 aliphatic heterocycles. The Balaban J connectivity index is 2.28. The lowest BCUT2D eigenvalue weighted by Gasteiger charge is -2.12.